The lowest BCUT2D eigenvalue weighted by Crippen LogP contribution is -2.44. The first-order valence-electron chi connectivity index (χ1n) is 10.8. The van der Waals surface area contributed by atoms with Gasteiger partial charge in [0.2, 0.25) is 0 Å². The Morgan fingerprint density at radius 2 is 1.91 bits per heavy atom. The Hall–Kier alpha value is -3.03. The minimum atomic E-state index is -0.458. The molecule has 162 valence electrons. The van der Waals surface area contributed by atoms with Gasteiger partial charge in [0, 0.05) is 49.0 Å². The van der Waals surface area contributed by atoms with Crippen LogP contribution in [0.25, 0.3) is 16.9 Å². The summed E-state index contributed by atoms with van der Waals surface area (Å²) in [5.41, 5.74) is 10.5. The first-order chi connectivity index (χ1) is 15.6. The van der Waals surface area contributed by atoms with Crippen molar-refractivity contribution >= 4 is 22.9 Å². The number of anilines is 1. The Labute approximate surface area is 189 Å². The van der Waals surface area contributed by atoms with Gasteiger partial charge in [0.25, 0.3) is 0 Å². The molecule has 1 aromatic carbocycles. The Morgan fingerprint density at radius 1 is 1.06 bits per heavy atom. The molecule has 1 spiro atoms. The topological polar surface area (TPSA) is 72.3 Å². The van der Waals surface area contributed by atoms with E-state index in [4.69, 9.17) is 17.3 Å². The number of nitrogens with zero attached hydrogens (tertiary/aromatic N) is 5. The summed E-state index contributed by atoms with van der Waals surface area (Å²) < 4.78 is 15.9. The minimum absolute atomic E-state index is 0.0220. The normalized spacial score (nSPS) is 19.6. The van der Waals surface area contributed by atoms with Gasteiger partial charge in [-0.1, -0.05) is 23.7 Å². The summed E-state index contributed by atoms with van der Waals surface area (Å²) >= 11 is 6.22. The third-order valence-corrected chi connectivity index (χ3v) is 7.51. The number of fused-ring (bicyclic) bond motifs is 2. The highest BCUT2D eigenvalue weighted by molar-refractivity contribution is 6.33. The van der Waals surface area contributed by atoms with Gasteiger partial charge in [-0.05, 0) is 48.4 Å². The van der Waals surface area contributed by atoms with Gasteiger partial charge in [-0.25, -0.2) is 14.4 Å². The van der Waals surface area contributed by atoms with E-state index in [1.54, 1.807) is 24.5 Å². The quantitative estimate of drug-likeness (QED) is 0.491. The van der Waals surface area contributed by atoms with Gasteiger partial charge in [0.1, 0.15) is 17.2 Å². The fourth-order valence-electron chi connectivity index (χ4n) is 5.34. The standard InChI is InChI=1S/C24H22ClFN6/c25-20-16(3-1-5-17(20)26)22-30-14-19-23(29-9-12-32(19)22)31-10-6-24(7-11-31)13-18-15(21(24)27)4-2-8-28-18/h1-5,8-9,12,14,21H,6-7,10-11,13,27H2. The number of nitrogens with two attached hydrogens (primary N) is 1. The fraction of sp³-hybridized carbons (Fsp3) is 0.292. The number of hydrogen-bond donors (Lipinski definition) is 1. The number of rotatable bonds is 2. The molecule has 1 aliphatic heterocycles. The predicted molar refractivity (Wildman–Crippen MR) is 122 cm³/mol. The Kier molecular flexibility index (Phi) is 4.45. The van der Waals surface area contributed by atoms with Crippen LogP contribution in [0.2, 0.25) is 5.02 Å². The number of piperidine rings is 1. The monoisotopic (exact) mass is 448 g/mol. The SMILES string of the molecule is NC1c2cccnc2CC12CCN(c1nccn3c(-c4cccc(F)c4Cl)ncc13)CC2. The zero-order chi connectivity index (χ0) is 21.9. The van der Waals surface area contributed by atoms with Crippen molar-refractivity contribution in [2.75, 3.05) is 18.0 Å². The lowest BCUT2D eigenvalue weighted by molar-refractivity contribution is 0.187. The lowest BCUT2D eigenvalue weighted by atomic mass is 9.73. The van der Waals surface area contributed by atoms with E-state index in [0.717, 1.165) is 49.4 Å². The van der Waals surface area contributed by atoms with Crippen molar-refractivity contribution < 1.29 is 4.39 Å². The Bertz CT molecular complexity index is 1330. The van der Waals surface area contributed by atoms with Crippen molar-refractivity contribution in [2.45, 2.75) is 25.3 Å². The van der Waals surface area contributed by atoms with Gasteiger partial charge in [0.15, 0.2) is 5.82 Å². The second-order valence-electron chi connectivity index (χ2n) is 8.73. The summed E-state index contributed by atoms with van der Waals surface area (Å²) in [6.07, 6.45) is 10.1. The summed E-state index contributed by atoms with van der Waals surface area (Å²) in [5.74, 6) is 1.01. The van der Waals surface area contributed by atoms with E-state index in [-0.39, 0.29) is 16.5 Å². The molecule has 2 N–H and O–H groups in total. The van der Waals surface area contributed by atoms with Crippen molar-refractivity contribution in [3.05, 3.63) is 77.2 Å². The summed E-state index contributed by atoms with van der Waals surface area (Å²) in [4.78, 5) is 16.1. The first kappa shape index (κ1) is 19.6. The minimum Gasteiger partial charge on any atom is -0.355 e. The summed E-state index contributed by atoms with van der Waals surface area (Å²) in [6.45, 7) is 1.71. The van der Waals surface area contributed by atoms with Crippen LogP contribution in [0.15, 0.2) is 55.1 Å². The maximum absolute atomic E-state index is 14.0. The molecular formula is C24H22ClFN6. The largest absolute Gasteiger partial charge is 0.355 e. The number of imidazole rings is 1. The van der Waals surface area contributed by atoms with Gasteiger partial charge in [-0.3, -0.25) is 9.38 Å². The highest BCUT2D eigenvalue weighted by Crippen LogP contribution is 2.50. The van der Waals surface area contributed by atoms with Crippen LogP contribution in [0.5, 0.6) is 0 Å². The van der Waals surface area contributed by atoms with Crippen molar-refractivity contribution in [3.8, 4) is 11.4 Å². The summed E-state index contributed by atoms with van der Waals surface area (Å²) in [5, 5.41) is 0.0710. The van der Waals surface area contributed by atoms with Crippen LogP contribution in [0.1, 0.15) is 30.1 Å². The number of halogens is 2. The van der Waals surface area contributed by atoms with Gasteiger partial charge < -0.3 is 10.6 Å². The van der Waals surface area contributed by atoms with Crippen molar-refractivity contribution in [2.24, 2.45) is 11.1 Å². The molecule has 8 heteroatoms. The number of aromatic nitrogens is 4. The van der Waals surface area contributed by atoms with Gasteiger partial charge in [-0.15, -0.1) is 0 Å². The average Bonchev–Trinajstić information content (AvgIpc) is 3.36. The first-order valence-corrected chi connectivity index (χ1v) is 11.2. The number of pyridine rings is 1. The van der Waals surface area contributed by atoms with Crippen LogP contribution < -0.4 is 10.6 Å². The van der Waals surface area contributed by atoms with Crippen LogP contribution in [0.3, 0.4) is 0 Å². The van der Waals surface area contributed by atoms with E-state index >= 15 is 0 Å². The Morgan fingerprint density at radius 3 is 2.72 bits per heavy atom. The second-order valence-corrected chi connectivity index (χ2v) is 9.11. The molecule has 4 heterocycles. The molecule has 0 saturated carbocycles. The van der Waals surface area contributed by atoms with E-state index in [1.165, 1.54) is 11.6 Å². The Balaban J connectivity index is 1.31. The third-order valence-electron chi connectivity index (χ3n) is 7.13. The number of benzene rings is 1. The lowest BCUT2D eigenvalue weighted by Gasteiger charge is -2.42. The molecule has 0 bridgehead atoms. The van der Waals surface area contributed by atoms with Gasteiger partial charge >= 0.3 is 0 Å². The molecule has 4 aromatic rings. The molecule has 3 aromatic heterocycles. The summed E-state index contributed by atoms with van der Waals surface area (Å²) in [6, 6.07) is 8.87. The molecule has 1 aliphatic carbocycles. The molecule has 6 rings (SSSR count). The van der Waals surface area contributed by atoms with Crippen molar-refractivity contribution in [1.29, 1.82) is 0 Å². The highest BCUT2D eigenvalue weighted by Gasteiger charge is 2.46. The molecule has 0 amide bonds. The molecule has 6 nitrogen and oxygen atoms in total. The molecule has 1 fully saturated rings. The van der Waals surface area contributed by atoms with E-state index in [9.17, 15) is 4.39 Å². The fourth-order valence-corrected chi connectivity index (χ4v) is 5.55. The maximum atomic E-state index is 14.0. The molecule has 32 heavy (non-hydrogen) atoms. The maximum Gasteiger partial charge on any atom is 0.154 e. The van der Waals surface area contributed by atoms with E-state index < -0.39 is 5.82 Å². The average molecular weight is 449 g/mol. The zero-order valence-electron chi connectivity index (χ0n) is 17.4. The smallest absolute Gasteiger partial charge is 0.154 e. The van der Waals surface area contributed by atoms with Crippen LogP contribution in [-0.2, 0) is 6.42 Å². The summed E-state index contributed by atoms with van der Waals surface area (Å²) in [7, 11) is 0. The van der Waals surface area contributed by atoms with Crippen LogP contribution in [0, 0.1) is 11.2 Å². The van der Waals surface area contributed by atoms with E-state index in [0.29, 0.717) is 11.4 Å². The predicted octanol–water partition coefficient (Wildman–Crippen LogP) is 4.43. The van der Waals surface area contributed by atoms with Crippen LogP contribution >= 0.6 is 11.6 Å². The van der Waals surface area contributed by atoms with Gasteiger partial charge in [-0.2, -0.15) is 0 Å². The van der Waals surface area contributed by atoms with E-state index in [1.807, 2.05) is 22.9 Å². The number of hydrogen-bond acceptors (Lipinski definition) is 5. The molecule has 2 aliphatic rings. The zero-order valence-corrected chi connectivity index (χ0v) is 18.1. The van der Waals surface area contributed by atoms with E-state index in [2.05, 4.69) is 25.9 Å². The van der Waals surface area contributed by atoms with Crippen LogP contribution in [0.4, 0.5) is 10.2 Å². The van der Waals surface area contributed by atoms with Crippen molar-refractivity contribution in [3.63, 3.8) is 0 Å². The molecule has 1 saturated heterocycles. The van der Waals surface area contributed by atoms with Gasteiger partial charge in [0.05, 0.1) is 11.2 Å². The second kappa shape index (κ2) is 7.25. The molecule has 1 unspecified atom stereocenters. The molecule has 0 radical (unpaired) electrons. The third kappa shape index (κ3) is 2.84. The van der Waals surface area contributed by atoms with Crippen LogP contribution in [-0.4, -0.2) is 32.4 Å². The highest BCUT2D eigenvalue weighted by atomic mass is 35.5. The van der Waals surface area contributed by atoms with Crippen molar-refractivity contribution in [1.82, 2.24) is 19.4 Å². The molecular weight excluding hydrogens is 427 g/mol. The molecule has 1 atom stereocenters.